The molecule has 4 rings (SSSR count). The van der Waals surface area contributed by atoms with Crippen LogP contribution in [0, 0.1) is 0 Å². The van der Waals surface area contributed by atoms with Crippen molar-refractivity contribution in [3.63, 3.8) is 0 Å². The van der Waals surface area contributed by atoms with E-state index in [4.69, 9.17) is 0 Å². The number of hydrogen-bond acceptors (Lipinski definition) is 3. The van der Waals surface area contributed by atoms with Gasteiger partial charge < -0.3 is 10.2 Å². The van der Waals surface area contributed by atoms with Gasteiger partial charge in [-0.1, -0.05) is 30.3 Å². The van der Waals surface area contributed by atoms with Gasteiger partial charge in [-0.3, -0.25) is 14.6 Å². The van der Waals surface area contributed by atoms with Crippen LogP contribution in [-0.2, 0) is 4.79 Å². The van der Waals surface area contributed by atoms with Crippen LogP contribution in [0.2, 0.25) is 0 Å². The zero-order valence-corrected chi connectivity index (χ0v) is 13.6. The highest BCUT2D eigenvalue weighted by molar-refractivity contribution is 6.14. The molecule has 0 saturated carbocycles. The van der Waals surface area contributed by atoms with Crippen LogP contribution in [-0.4, -0.2) is 23.3 Å². The molecule has 0 radical (unpaired) electrons. The summed E-state index contributed by atoms with van der Waals surface area (Å²) in [6.45, 7) is 0.684. The second kappa shape index (κ2) is 6.36. The minimum Gasteiger partial charge on any atom is -0.320 e. The minimum atomic E-state index is -0.210. The molecule has 1 aliphatic heterocycles. The van der Waals surface area contributed by atoms with Gasteiger partial charge in [0, 0.05) is 24.5 Å². The first-order valence-corrected chi connectivity index (χ1v) is 8.28. The van der Waals surface area contributed by atoms with Crippen LogP contribution in [0.4, 0.5) is 11.4 Å². The summed E-state index contributed by atoms with van der Waals surface area (Å²) in [5, 5.41) is 3.76. The molecule has 1 fully saturated rings. The zero-order valence-electron chi connectivity index (χ0n) is 13.6. The lowest BCUT2D eigenvalue weighted by molar-refractivity contribution is -0.117. The van der Waals surface area contributed by atoms with Crippen LogP contribution in [0.5, 0.6) is 0 Å². The Kier molecular flexibility index (Phi) is 3.90. The largest absolute Gasteiger partial charge is 0.320 e. The highest BCUT2D eigenvalue weighted by Crippen LogP contribution is 2.30. The Labute approximate surface area is 145 Å². The number of fused-ring (bicyclic) bond motifs is 1. The summed E-state index contributed by atoms with van der Waals surface area (Å²) in [5.74, 6) is -0.117. The molecule has 2 heterocycles. The van der Waals surface area contributed by atoms with Crippen LogP contribution in [0.25, 0.3) is 10.9 Å². The smallest absolute Gasteiger partial charge is 0.256 e. The van der Waals surface area contributed by atoms with Crippen molar-refractivity contribution in [2.45, 2.75) is 12.8 Å². The third-order valence-electron chi connectivity index (χ3n) is 4.41. The summed E-state index contributed by atoms with van der Waals surface area (Å²) in [4.78, 5) is 30.9. The summed E-state index contributed by atoms with van der Waals surface area (Å²) in [6, 6.07) is 16.7. The lowest BCUT2D eigenvalue weighted by atomic mass is 10.1. The van der Waals surface area contributed by atoms with E-state index in [1.165, 1.54) is 0 Å². The van der Waals surface area contributed by atoms with Gasteiger partial charge in [-0.05, 0) is 30.7 Å². The van der Waals surface area contributed by atoms with Crippen LogP contribution < -0.4 is 10.2 Å². The van der Waals surface area contributed by atoms with Crippen LogP contribution in [0.1, 0.15) is 23.2 Å². The van der Waals surface area contributed by atoms with E-state index >= 15 is 0 Å². The predicted octanol–water partition coefficient (Wildman–Crippen LogP) is 3.61. The molecule has 1 aromatic heterocycles. The summed E-state index contributed by atoms with van der Waals surface area (Å²) in [7, 11) is 0. The number of pyridine rings is 1. The number of aromatic nitrogens is 1. The number of hydrogen-bond donors (Lipinski definition) is 1. The standard InChI is InChI=1S/C20H17N3O2/c24-19-10-5-13-23(19)18-9-4-3-8-17(18)22-20(25)15-11-12-21-16-7-2-1-6-14(15)16/h1-4,6-9,11-12H,5,10,13H2,(H,22,25). The van der Waals surface area contributed by atoms with E-state index in [0.717, 1.165) is 23.0 Å². The van der Waals surface area contributed by atoms with Gasteiger partial charge in [0.1, 0.15) is 0 Å². The molecule has 1 saturated heterocycles. The molecule has 2 aromatic carbocycles. The molecule has 3 aromatic rings. The molecule has 5 heteroatoms. The second-order valence-electron chi connectivity index (χ2n) is 6.00. The van der Waals surface area contributed by atoms with Crippen LogP contribution in [0.3, 0.4) is 0 Å². The Hall–Kier alpha value is -3.21. The zero-order chi connectivity index (χ0) is 17.2. The average molecular weight is 331 g/mol. The van der Waals surface area contributed by atoms with Crippen LogP contribution >= 0.6 is 0 Å². The van der Waals surface area contributed by atoms with E-state index in [2.05, 4.69) is 10.3 Å². The van der Waals surface area contributed by atoms with E-state index in [0.29, 0.717) is 24.2 Å². The van der Waals surface area contributed by atoms with E-state index < -0.39 is 0 Å². The van der Waals surface area contributed by atoms with Gasteiger partial charge in [-0.15, -0.1) is 0 Å². The van der Waals surface area contributed by atoms with Crippen molar-refractivity contribution < 1.29 is 9.59 Å². The van der Waals surface area contributed by atoms with Crippen molar-refractivity contribution >= 4 is 34.1 Å². The fourth-order valence-corrected chi connectivity index (χ4v) is 3.20. The molecule has 1 N–H and O–H groups in total. The fourth-order valence-electron chi connectivity index (χ4n) is 3.20. The Balaban J connectivity index is 1.68. The number of carbonyl (C=O) groups is 2. The molecule has 0 atom stereocenters. The number of benzene rings is 2. The van der Waals surface area contributed by atoms with Gasteiger partial charge in [0.25, 0.3) is 5.91 Å². The van der Waals surface area contributed by atoms with Crippen molar-refractivity contribution in [1.29, 1.82) is 0 Å². The topological polar surface area (TPSA) is 62.3 Å². The first-order chi connectivity index (χ1) is 12.2. The summed E-state index contributed by atoms with van der Waals surface area (Å²) >= 11 is 0. The van der Waals surface area contributed by atoms with E-state index in [1.807, 2.05) is 48.5 Å². The first-order valence-electron chi connectivity index (χ1n) is 8.28. The average Bonchev–Trinajstić information content (AvgIpc) is 3.07. The Morgan fingerprint density at radius 3 is 2.68 bits per heavy atom. The van der Waals surface area contributed by atoms with Gasteiger partial charge in [0.2, 0.25) is 5.91 Å². The molecular weight excluding hydrogens is 314 g/mol. The normalized spacial score (nSPS) is 14.1. The van der Waals surface area contributed by atoms with Gasteiger partial charge >= 0.3 is 0 Å². The third-order valence-corrected chi connectivity index (χ3v) is 4.41. The van der Waals surface area contributed by atoms with Gasteiger partial charge in [-0.25, -0.2) is 0 Å². The maximum atomic E-state index is 12.8. The number of carbonyl (C=O) groups excluding carboxylic acids is 2. The van der Waals surface area contributed by atoms with Gasteiger partial charge in [0.15, 0.2) is 0 Å². The minimum absolute atomic E-state index is 0.0936. The lowest BCUT2D eigenvalue weighted by Gasteiger charge is -2.20. The highest BCUT2D eigenvalue weighted by Gasteiger charge is 2.24. The molecule has 1 aliphatic rings. The number of amides is 2. The van der Waals surface area contributed by atoms with E-state index in [9.17, 15) is 9.59 Å². The maximum absolute atomic E-state index is 12.8. The Morgan fingerprint density at radius 1 is 1.04 bits per heavy atom. The quantitative estimate of drug-likeness (QED) is 0.797. The summed E-state index contributed by atoms with van der Waals surface area (Å²) in [5.41, 5.74) is 2.73. The monoisotopic (exact) mass is 331 g/mol. The maximum Gasteiger partial charge on any atom is 0.256 e. The first kappa shape index (κ1) is 15.3. The predicted molar refractivity (Wildman–Crippen MR) is 97.7 cm³/mol. The number of rotatable bonds is 3. The van der Waals surface area contributed by atoms with Crippen molar-refractivity contribution in [2.24, 2.45) is 0 Å². The van der Waals surface area contributed by atoms with Gasteiger partial charge in [0.05, 0.1) is 22.5 Å². The second-order valence-corrected chi connectivity index (χ2v) is 6.00. The lowest BCUT2D eigenvalue weighted by Crippen LogP contribution is -2.25. The van der Waals surface area contributed by atoms with Crippen molar-refractivity contribution in [1.82, 2.24) is 4.98 Å². The Morgan fingerprint density at radius 2 is 1.84 bits per heavy atom. The van der Waals surface area contributed by atoms with E-state index in [1.54, 1.807) is 17.2 Å². The van der Waals surface area contributed by atoms with Crippen molar-refractivity contribution in [3.05, 3.63) is 66.4 Å². The number of nitrogens with zero attached hydrogens (tertiary/aromatic N) is 2. The third kappa shape index (κ3) is 2.85. The number of nitrogens with one attached hydrogen (secondary N) is 1. The molecule has 124 valence electrons. The molecule has 0 bridgehead atoms. The molecule has 5 nitrogen and oxygen atoms in total. The molecule has 0 aliphatic carbocycles. The molecule has 25 heavy (non-hydrogen) atoms. The fraction of sp³-hybridized carbons (Fsp3) is 0.150. The SMILES string of the molecule is O=C(Nc1ccccc1N1CCCC1=O)c1ccnc2ccccc12. The van der Waals surface area contributed by atoms with Crippen LogP contribution in [0.15, 0.2) is 60.8 Å². The Bertz CT molecular complexity index is 963. The van der Waals surface area contributed by atoms with Gasteiger partial charge in [-0.2, -0.15) is 0 Å². The molecular formula is C20H17N3O2. The van der Waals surface area contributed by atoms with Crippen molar-refractivity contribution in [3.8, 4) is 0 Å². The highest BCUT2D eigenvalue weighted by atomic mass is 16.2. The summed E-state index contributed by atoms with van der Waals surface area (Å²) < 4.78 is 0. The van der Waals surface area contributed by atoms with Crippen molar-refractivity contribution in [2.75, 3.05) is 16.8 Å². The number of para-hydroxylation sites is 3. The molecule has 0 spiro atoms. The number of anilines is 2. The summed E-state index contributed by atoms with van der Waals surface area (Å²) in [6.07, 6.45) is 3.03. The molecule has 0 unspecified atom stereocenters. The van der Waals surface area contributed by atoms with E-state index in [-0.39, 0.29) is 11.8 Å². The molecule has 2 amide bonds.